The minimum Gasteiger partial charge on any atom is -0.494 e. The standard InChI is InChI=1S/C9H9F3O/c1-2-13-8-5-3-4-7(6-8)9(10,11)12/h3-6H,2H2,1H3. The maximum Gasteiger partial charge on any atom is 0.416 e. The van der Waals surface area contributed by atoms with Crippen LogP contribution in [-0.4, -0.2) is 6.61 Å². The highest BCUT2D eigenvalue weighted by Crippen LogP contribution is 2.31. The molecule has 1 rings (SSSR count). The predicted molar refractivity (Wildman–Crippen MR) is 42.6 cm³/mol. The molecule has 0 fully saturated rings. The van der Waals surface area contributed by atoms with Crippen molar-refractivity contribution < 1.29 is 17.9 Å². The smallest absolute Gasteiger partial charge is 0.416 e. The van der Waals surface area contributed by atoms with E-state index in [9.17, 15) is 13.2 Å². The molecular weight excluding hydrogens is 181 g/mol. The average molecular weight is 190 g/mol. The molecule has 13 heavy (non-hydrogen) atoms. The lowest BCUT2D eigenvalue weighted by Gasteiger charge is -2.08. The second-order valence-electron chi connectivity index (χ2n) is 2.46. The number of rotatable bonds is 2. The van der Waals surface area contributed by atoms with Gasteiger partial charge in [-0.15, -0.1) is 0 Å². The minimum absolute atomic E-state index is 0.248. The van der Waals surface area contributed by atoms with Gasteiger partial charge in [0.25, 0.3) is 0 Å². The van der Waals surface area contributed by atoms with Gasteiger partial charge in [0.2, 0.25) is 0 Å². The van der Waals surface area contributed by atoms with Crippen LogP contribution in [0.25, 0.3) is 0 Å². The highest BCUT2D eigenvalue weighted by atomic mass is 19.4. The molecule has 0 N–H and O–H groups in total. The van der Waals surface area contributed by atoms with Gasteiger partial charge in [0, 0.05) is 0 Å². The van der Waals surface area contributed by atoms with E-state index in [0.717, 1.165) is 12.1 Å². The van der Waals surface area contributed by atoms with Crippen molar-refractivity contribution in [3.63, 3.8) is 0 Å². The van der Waals surface area contributed by atoms with Crippen LogP contribution >= 0.6 is 0 Å². The molecule has 4 heteroatoms. The second-order valence-corrected chi connectivity index (χ2v) is 2.46. The van der Waals surface area contributed by atoms with Crippen LogP contribution in [0.4, 0.5) is 13.2 Å². The molecule has 0 saturated heterocycles. The van der Waals surface area contributed by atoms with Crippen LogP contribution in [0.5, 0.6) is 5.75 Å². The van der Waals surface area contributed by atoms with Crippen molar-refractivity contribution in [2.75, 3.05) is 6.61 Å². The summed E-state index contributed by atoms with van der Waals surface area (Å²) in [5.74, 6) is 0.248. The van der Waals surface area contributed by atoms with Crippen LogP contribution in [0, 0.1) is 0 Å². The molecule has 72 valence electrons. The zero-order valence-electron chi connectivity index (χ0n) is 7.06. The molecule has 0 aliphatic heterocycles. The van der Waals surface area contributed by atoms with Gasteiger partial charge in [-0.1, -0.05) is 6.07 Å². The van der Waals surface area contributed by atoms with Crippen molar-refractivity contribution >= 4 is 0 Å². The molecular formula is C9H9F3O. The van der Waals surface area contributed by atoms with Crippen molar-refractivity contribution in [2.24, 2.45) is 0 Å². The summed E-state index contributed by atoms with van der Waals surface area (Å²) in [4.78, 5) is 0. The fraction of sp³-hybridized carbons (Fsp3) is 0.333. The van der Waals surface area contributed by atoms with E-state index in [1.165, 1.54) is 12.1 Å². The largest absolute Gasteiger partial charge is 0.494 e. The molecule has 0 saturated carbocycles. The van der Waals surface area contributed by atoms with Crippen molar-refractivity contribution in [3.05, 3.63) is 29.8 Å². The van der Waals surface area contributed by atoms with Gasteiger partial charge in [-0.2, -0.15) is 13.2 Å². The zero-order valence-corrected chi connectivity index (χ0v) is 7.06. The fourth-order valence-electron chi connectivity index (χ4n) is 0.929. The maximum absolute atomic E-state index is 12.2. The van der Waals surface area contributed by atoms with E-state index in [4.69, 9.17) is 4.74 Å². The Morgan fingerprint density at radius 1 is 1.31 bits per heavy atom. The van der Waals surface area contributed by atoms with Crippen LogP contribution in [0.1, 0.15) is 12.5 Å². The summed E-state index contributed by atoms with van der Waals surface area (Å²) >= 11 is 0. The van der Waals surface area contributed by atoms with Crippen molar-refractivity contribution in [2.45, 2.75) is 13.1 Å². The number of ether oxygens (including phenoxy) is 1. The van der Waals surface area contributed by atoms with Gasteiger partial charge in [-0.25, -0.2) is 0 Å². The van der Waals surface area contributed by atoms with E-state index in [1.807, 2.05) is 0 Å². The van der Waals surface area contributed by atoms with E-state index in [2.05, 4.69) is 0 Å². The first-order chi connectivity index (χ1) is 6.04. The lowest BCUT2D eigenvalue weighted by atomic mass is 10.2. The van der Waals surface area contributed by atoms with Gasteiger partial charge in [0.1, 0.15) is 5.75 Å². The van der Waals surface area contributed by atoms with Crippen LogP contribution in [0.3, 0.4) is 0 Å². The summed E-state index contributed by atoms with van der Waals surface area (Å²) in [6, 6.07) is 4.83. The predicted octanol–water partition coefficient (Wildman–Crippen LogP) is 3.10. The van der Waals surface area contributed by atoms with E-state index in [-0.39, 0.29) is 5.75 Å². The molecule has 0 aromatic heterocycles. The van der Waals surface area contributed by atoms with E-state index in [1.54, 1.807) is 6.92 Å². The molecule has 0 aliphatic rings. The van der Waals surface area contributed by atoms with Gasteiger partial charge < -0.3 is 4.74 Å². The first kappa shape index (κ1) is 9.89. The topological polar surface area (TPSA) is 9.23 Å². The van der Waals surface area contributed by atoms with Crippen LogP contribution in [0.15, 0.2) is 24.3 Å². The molecule has 0 atom stereocenters. The third-order valence-electron chi connectivity index (χ3n) is 1.47. The van der Waals surface area contributed by atoms with Crippen LogP contribution in [0.2, 0.25) is 0 Å². The van der Waals surface area contributed by atoms with E-state index < -0.39 is 11.7 Å². The Hall–Kier alpha value is -1.19. The first-order valence-electron chi connectivity index (χ1n) is 3.84. The lowest BCUT2D eigenvalue weighted by molar-refractivity contribution is -0.137. The highest BCUT2D eigenvalue weighted by Gasteiger charge is 2.30. The Kier molecular flexibility index (Phi) is 2.80. The Morgan fingerprint density at radius 2 is 2.00 bits per heavy atom. The van der Waals surface area contributed by atoms with Crippen LogP contribution in [-0.2, 0) is 6.18 Å². The molecule has 1 nitrogen and oxygen atoms in total. The van der Waals surface area contributed by atoms with Gasteiger partial charge in [-0.05, 0) is 25.1 Å². The number of halogens is 3. The number of alkyl halides is 3. The zero-order chi connectivity index (χ0) is 9.90. The Labute approximate surface area is 74.1 Å². The fourth-order valence-corrected chi connectivity index (χ4v) is 0.929. The van der Waals surface area contributed by atoms with Crippen LogP contribution < -0.4 is 4.74 Å². The summed E-state index contributed by atoms with van der Waals surface area (Å²) in [6.45, 7) is 2.08. The summed E-state index contributed by atoms with van der Waals surface area (Å²) in [5.41, 5.74) is -0.682. The monoisotopic (exact) mass is 190 g/mol. The van der Waals surface area contributed by atoms with Crippen molar-refractivity contribution in [1.82, 2.24) is 0 Å². The second kappa shape index (κ2) is 3.68. The molecule has 0 aliphatic carbocycles. The number of hydrogen-bond acceptors (Lipinski definition) is 1. The van der Waals surface area contributed by atoms with Gasteiger partial charge in [-0.3, -0.25) is 0 Å². The molecule has 0 heterocycles. The van der Waals surface area contributed by atoms with Gasteiger partial charge in [0.15, 0.2) is 0 Å². The Morgan fingerprint density at radius 3 is 2.54 bits per heavy atom. The molecule has 1 aromatic rings. The normalized spacial score (nSPS) is 11.4. The third kappa shape index (κ3) is 2.65. The average Bonchev–Trinajstić information content (AvgIpc) is 2.04. The molecule has 0 bridgehead atoms. The lowest BCUT2D eigenvalue weighted by Crippen LogP contribution is -2.05. The molecule has 0 unspecified atom stereocenters. The Bertz CT molecular complexity index is 280. The SMILES string of the molecule is CCOc1cccc(C(F)(F)F)c1. The van der Waals surface area contributed by atoms with Gasteiger partial charge >= 0.3 is 6.18 Å². The highest BCUT2D eigenvalue weighted by molar-refractivity contribution is 5.30. The van der Waals surface area contributed by atoms with Gasteiger partial charge in [0.05, 0.1) is 12.2 Å². The van der Waals surface area contributed by atoms with E-state index in [0.29, 0.717) is 6.61 Å². The first-order valence-corrected chi connectivity index (χ1v) is 3.84. The van der Waals surface area contributed by atoms with Crippen molar-refractivity contribution in [1.29, 1.82) is 0 Å². The summed E-state index contributed by atoms with van der Waals surface area (Å²) in [7, 11) is 0. The maximum atomic E-state index is 12.2. The van der Waals surface area contributed by atoms with Crippen molar-refractivity contribution in [3.8, 4) is 5.75 Å². The quantitative estimate of drug-likeness (QED) is 0.696. The molecule has 1 aromatic carbocycles. The molecule has 0 amide bonds. The summed E-state index contributed by atoms with van der Waals surface area (Å²) in [6.07, 6.45) is -4.30. The summed E-state index contributed by atoms with van der Waals surface area (Å²) < 4.78 is 41.4. The van der Waals surface area contributed by atoms with E-state index >= 15 is 0 Å². The number of hydrogen-bond donors (Lipinski definition) is 0. The third-order valence-corrected chi connectivity index (χ3v) is 1.47. The molecule has 0 radical (unpaired) electrons. The molecule has 0 spiro atoms. The number of benzene rings is 1. The minimum atomic E-state index is -4.30. The summed E-state index contributed by atoms with van der Waals surface area (Å²) in [5, 5.41) is 0. The Balaban J connectivity index is 2.92.